The maximum atomic E-state index is 12.3. The molecule has 0 aliphatic carbocycles. The van der Waals surface area contributed by atoms with Gasteiger partial charge in [-0.1, -0.05) is 25.5 Å². The quantitative estimate of drug-likeness (QED) is 0.822. The molecule has 0 spiro atoms. The number of anilines is 1. The van der Waals surface area contributed by atoms with E-state index in [-0.39, 0.29) is 0 Å². The van der Waals surface area contributed by atoms with Gasteiger partial charge in [0.05, 0.1) is 4.90 Å². The SMILES string of the molecule is CCCc1ccc(NS(=O)(=O)c2csc(CNC)c2)cc1. The minimum atomic E-state index is -3.50. The van der Waals surface area contributed by atoms with E-state index >= 15 is 0 Å². The van der Waals surface area contributed by atoms with Crippen LogP contribution in [0.3, 0.4) is 0 Å². The number of rotatable bonds is 7. The summed E-state index contributed by atoms with van der Waals surface area (Å²) in [5.41, 5.74) is 1.81. The lowest BCUT2D eigenvalue weighted by atomic mass is 10.1. The summed E-state index contributed by atoms with van der Waals surface area (Å²) in [5, 5.41) is 4.68. The topological polar surface area (TPSA) is 58.2 Å². The predicted molar refractivity (Wildman–Crippen MR) is 88.3 cm³/mol. The molecule has 21 heavy (non-hydrogen) atoms. The van der Waals surface area contributed by atoms with Crippen molar-refractivity contribution in [2.24, 2.45) is 0 Å². The molecule has 114 valence electrons. The van der Waals surface area contributed by atoms with Gasteiger partial charge in [-0.3, -0.25) is 4.72 Å². The van der Waals surface area contributed by atoms with Gasteiger partial charge in [0.2, 0.25) is 0 Å². The number of hydrogen-bond acceptors (Lipinski definition) is 4. The van der Waals surface area contributed by atoms with E-state index in [1.54, 1.807) is 11.4 Å². The van der Waals surface area contributed by atoms with Gasteiger partial charge < -0.3 is 5.32 Å². The molecule has 0 amide bonds. The molecule has 0 bridgehead atoms. The van der Waals surface area contributed by atoms with Crippen LogP contribution >= 0.6 is 11.3 Å². The first kappa shape index (κ1) is 16.0. The Bertz CT molecular complexity index is 676. The van der Waals surface area contributed by atoms with Crippen LogP contribution in [0.25, 0.3) is 0 Å². The van der Waals surface area contributed by atoms with E-state index in [1.807, 2.05) is 31.3 Å². The molecule has 0 radical (unpaired) electrons. The molecule has 0 saturated carbocycles. The maximum Gasteiger partial charge on any atom is 0.262 e. The van der Waals surface area contributed by atoms with Gasteiger partial charge in [-0.15, -0.1) is 11.3 Å². The number of sulfonamides is 1. The van der Waals surface area contributed by atoms with Gasteiger partial charge in [0.25, 0.3) is 10.0 Å². The van der Waals surface area contributed by atoms with Crippen molar-refractivity contribution in [3.8, 4) is 0 Å². The fraction of sp³-hybridized carbons (Fsp3) is 0.333. The predicted octanol–water partition coefficient (Wildman–Crippen LogP) is 3.22. The third-order valence-corrected chi connectivity index (χ3v) is 5.48. The standard InChI is InChI=1S/C15H20N2O2S2/c1-3-4-12-5-7-13(8-6-12)17-21(18,19)15-9-14(10-16-2)20-11-15/h5-9,11,16-17H,3-4,10H2,1-2H3. The van der Waals surface area contributed by atoms with Crippen LogP contribution in [0.15, 0.2) is 40.6 Å². The van der Waals surface area contributed by atoms with E-state index in [0.29, 0.717) is 17.1 Å². The molecule has 0 atom stereocenters. The van der Waals surface area contributed by atoms with Gasteiger partial charge in [0, 0.05) is 22.5 Å². The van der Waals surface area contributed by atoms with Gasteiger partial charge >= 0.3 is 0 Å². The first-order chi connectivity index (χ1) is 10.0. The Morgan fingerprint density at radius 3 is 2.52 bits per heavy atom. The third kappa shape index (κ3) is 4.30. The van der Waals surface area contributed by atoms with Crippen LogP contribution in [0.5, 0.6) is 0 Å². The van der Waals surface area contributed by atoms with Gasteiger partial charge in [0.15, 0.2) is 0 Å². The van der Waals surface area contributed by atoms with Crippen molar-refractivity contribution in [2.45, 2.75) is 31.2 Å². The number of nitrogens with one attached hydrogen (secondary N) is 2. The number of aryl methyl sites for hydroxylation is 1. The number of thiophene rings is 1. The second-order valence-electron chi connectivity index (χ2n) is 4.83. The van der Waals surface area contributed by atoms with Crippen molar-refractivity contribution in [3.05, 3.63) is 46.2 Å². The largest absolute Gasteiger partial charge is 0.315 e. The molecular formula is C15H20N2O2S2. The van der Waals surface area contributed by atoms with Crippen molar-refractivity contribution < 1.29 is 8.42 Å². The smallest absolute Gasteiger partial charge is 0.262 e. The molecule has 0 unspecified atom stereocenters. The van der Waals surface area contributed by atoms with Gasteiger partial charge in [0.1, 0.15) is 0 Å². The van der Waals surface area contributed by atoms with E-state index in [2.05, 4.69) is 17.0 Å². The number of hydrogen-bond donors (Lipinski definition) is 2. The minimum absolute atomic E-state index is 0.315. The van der Waals surface area contributed by atoms with Crippen LogP contribution < -0.4 is 10.0 Å². The van der Waals surface area contributed by atoms with Crippen LogP contribution in [0.1, 0.15) is 23.8 Å². The average Bonchev–Trinajstić information content (AvgIpc) is 2.91. The zero-order valence-corrected chi connectivity index (χ0v) is 13.9. The van der Waals surface area contributed by atoms with Crippen LogP contribution in [-0.4, -0.2) is 15.5 Å². The van der Waals surface area contributed by atoms with Crippen molar-refractivity contribution in [3.63, 3.8) is 0 Å². The second-order valence-corrected chi connectivity index (χ2v) is 7.51. The highest BCUT2D eigenvalue weighted by Crippen LogP contribution is 2.22. The summed E-state index contributed by atoms with van der Waals surface area (Å²) >= 11 is 1.44. The zero-order chi connectivity index (χ0) is 15.3. The van der Waals surface area contributed by atoms with Crippen LogP contribution in [0.4, 0.5) is 5.69 Å². The zero-order valence-electron chi connectivity index (χ0n) is 12.2. The third-order valence-electron chi connectivity index (χ3n) is 3.04. The second kappa shape index (κ2) is 7.06. The molecule has 2 N–H and O–H groups in total. The Hall–Kier alpha value is -1.37. The summed E-state index contributed by atoms with van der Waals surface area (Å²) in [4.78, 5) is 1.31. The number of benzene rings is 1. The molecular weight excluding hydrogens is 304 g/mol. The molecule has 1 aromatic heterocycles. The fourth-order valence-corrected chi connectivity index (χ4v) is 4.36. The molecule has 2 rings (SSSR count). The molecule has 0 aliphatic rings. The minimum Gasteiger partial charge on any atom is -0.315 e. The van der Waals surface area contributed by atoms with Crippen molar-refractivity contribution in [1.29, 1.82) is 0 Å². The van der Waals surface area contributed by atoms with Gasteiger partial charge in [-0.05, 0) is 37.2 Å². The highest BCUT2D eigenvalue weighted by molar-refractivity contribution is 7.92. The molecule has 0 aliphatic heterocycles. The van der Waals surface area contributed by atoms with Crippen LogP contribution in [-0.2, 0) is 23.0 Å². The summed E-state index contributed by atoms with van der Waals surface area (Å²) in [6.45, 7) is 2.79. The summed E-state index contributed by atoms with van der Waals surface area (Å²) in [5.74, 6) is 0. The molecule has 0 saturated heterocycles. The van der Waals surface area contributed by atoms with E-state index < -0.39 is 10.0 Å². The van der Waals surface area contributed by atoms with Crippen LogP contribution in [0, 0.1) is 0 Å². The highest BCUT2D eigenvalue weighted by Gasteiger charge is 2.16. The summed E-state index contributed by atoms with van der Waals surface area (Å²) < 4.78 is 27.2. The summed E-state index contributed by atoms with van der Waals surface area (Å²) in [6.07, 6.45) is 2.08. The van der Waals surface area contributed by atoms with E-state index in [4.69, 9.17) is 0 Å². The Morgan fingerprint density at radius 2 is 1.90 bits per heavy atom. The molecule has 6 heteroatoms. The summed E-state index contributed by atoms with van der Waals surface area (Å²) in [6, 6.07) is 9.24. The van der Waals surface area contributed by atoms with E-state index in [9.17, 15) is 8.42 Å². The fourth-order valence-electron chi connectivity index (χ4n) is 2.01. The summed E-state index contributed by atoms with van der Waals surface area (Å²) in [7, 11) is -1.67. The Balaban J connectivity index is 2.12. The van der Waals surface area contributed by atoms with Gasteiger partial charge in [-0.2, -0.15) is 0 Å². The average molecular weight is 324 g/mol. The van der Waals surface area contributed by atoms with Crippen LogP contribution in [0.2, 0.25) is 0 Å². The Labute approximate surface area is 130 Å². The molecule has 1 heterocycles. The van der Waals surface area contributed by atoms with E-state index in [1.165, 1.54) is 16.9 Å². The lowest BCUT2D eigenvalue weighted by Gasteiger charge is -2.07. The molecule has 0 fully saturated rings. The van der Waals surface area contributed by atoms with Crippen molar-refractivity contribution in [1.82, 2.24) is 5.32 Å². The normalized spacial score (nSPS) is 11.5. The lowest BCUT2D eigenvalue weighted by Crippen LogP contribution is -2.12. The first-order valence-corrected chi connectivity index (χ1v) is 9.25. The molecule has 2 aromatic rings. The monoisotopic (exact) mass is 324 g/mol. The molecule has 1 aromatic carbocycles. The van der Waals surface area contributed by atoms with Crippen molar-refractivity contribution >= 4 is 27.0 Å². The first-order valence-electron chi connectivity index (χ1n) is 6.89. The highest BCUT2D eigenvalue weighted by atomic mass is 32.2. The van der Waals surface area contributed by atoms with Crippen molar-refractivity contribution in [2.75, 3.05) is 11.8 Å². The Morgan fingerprint density at radius 1 is 1.19 bits per heavy atom. The van der Waals surface area contributed by atoms with E-state index in [0.717, 1.165) is 17.7 Å². The molecule has 4 nitrogen and oxygen atoms in total. The van der Waals surface area contributed by atoms with Gasteiger partial charge in [-0.25, -0.2) is 8.42 Å². The maximum absolute atomic E-state index is 12.3. The lowest BCUT2D eigenvalue weighted by molar-refractivity contribution is 0.601. The Kier molecular flexibility index (Phi) is 5.39.